The molecule has 0 bridgehead atoms. The van der Waals surface area contributed by atoms with Gasteiger partial charge in [-0.25, -0.2) is 17.9 Å². The molecule has 0 saturated carbocycles. The van der Waals surface area contributed by atoms with E-state index in [2.05, 4.69) is 21.8 Å². The molecule has 9 heteroatoms. The van der Waals surface area contributed by atoms with Crippen molar-refractivity contribution in [3.63, 3.8) is 0 Å². The van der Waals surface area contributed by atoms with Crippen LogP contribution in [0, 0.1) is 0 Å². The van der Waals surface area contributed by atoms with E-state index >= 15 is 0 Å². The zero-order valence-corrected chi connectivity index (χ0v) is 20.5. The van der Waals surface area contributed by atoms with Crippen molar-refractivity contribution < 1.29 is 13.2 Å². The number of rotatable bonds is 9. The minimum atomic E-state index is -3.36. The number of sulfonamides is 1. The van der Waals surface area contributed by atoms with E-state index in [4.69, 9.17) is 14.8 Å². The van der Waals surface area contributed by atoms with E-state index in [0.29, 0.717) is 24.5 Å². The molecule has 1 aliphatic rings. The van der Waals surface area contributed by atoms with E-state index in [-0.39, 0.29) is 0 Å². The molecule has 0 amide bonds. The Morgan fingerprint density at radius 1 is 1.00 bits per heavy atom. The van der Waals surface area contributed by atoms with E-state index in [1.165, 1.54) is 25.9 Å². The van der Waals surface area contributed by atoms with Crippen molar-refractivity contribution in [2.75, 3.05) is 37.2 Å². The van der Waals surface area contributed by atoms with E-state index in [1.54, 1.807) is 16.6 Å². The summed E-state index contributed by atoms with van der Waals surface area (Å²) in [5.74, 6) is 1.59. The van der Waals surface area contributed by atoms with Crippen LogP contribution in [-0.4, -0.2) is 60.4 Å². The molecule has 5 rings (SSSR count). The number of aromatic nitrogens is 3. The first kappa shape index (κ1) is 23.3. The Morgan fingerprint density at radius 3 is 2.54 bits per heavy atom. The number of likely N-dealkylation sites (tertiary alicyclic amines) is 1. The van der Waals surface area contributed by atoms with Crippen LogP contribution < -0.4 is 9.46 Å². The van der Waals surface area contributed by atoms with Gasteiger partial charge < -0.3 is 4.74 Å². The van der Waals surface area contributed by atoms with Gasteiger partial charge in [0.2, 0.25) is 10.0 Å². The number of nitrogens with zero attached hydrogens (tertiary/aromatic N) is 4. The summed E-state index contributed by atoms with van der Waals surface area (Å²) in [5, 5.41) is 4.73. The maximum absolute atomic E-state index is 11.6. The van der Waals surface area contributed by atoms with Crippen molar-refractivity contribution >= 4 is 21.4 Å². The number of pyridine rings is 1. The fourth-order valence-electron chi connectivity index (χ4n) is 4.38. The lowest BCUT2D eigenvalue weighted by molar-refractivity contribution is 0.238. The van der Waals surface area contributed by atoms with E-state index in [9.17, 15) is 8.42 Å². The van der Waals surface area contributed by atoms with Crippen LogP contribution in [0.4, 0.5) is 5.69 Å². The Labute approximate surface area is 205 Å². The highest BCUT2D eigenvalue weighted by Crippen LogP contribution is 2.24. The van der Waals surface area contributed by atoms with Crippen molar-refractivity contribution in [2.45, 2.75) is 19.3 Å². The van der Waals surface area contributed by atoms with E-state index in [1.807, 2.05) is 42.5 Å². The fraction of sp³-hybridized carbons (Fsp3) is 0.308. The molecule has 3 heterocycles. The molecule has 0 unspecified atom stereocenters. The van der Waals surface area contributed by atoms with E-state index < -0.39 is 10.0 Å². The average molecular weight is 492 g/mol. The van der Waals surface area contributed by atoms with E-state index in [0.717, 1.165) is 41.0 Å². The zero-order chi connectivity index (χ0) is 24.3. The highest BCUT2D eigenvalue weighted by molar-refractivity contribution is 7.92. The second-order valence-corrected chi connectivity index (χ2v) is 10.6. The van der Waals surface area contributed by atoms with Crippen molar-refractivity contribution in [2.24, 2.45) is 0 Å². The molecule has 1 fully saturated rings. The van der Waals surface area contributed by atoms with Crippen LogP contribution in [0.25, 0.3) is 16.9 Å². The minimum Gasteiger partial charge on any atom is -0.492 e. The molecule has 0 radical (unpaired) electrons. The van der Waals surface area contributed by atoms with Crippen LogP contribution in [0.3, 0.4) is 0 Å². The SMILES string of the molecule is CS(=O)(=O)Nc1cccc(-c2cccc3nc(Cc4ccc(OCCN5CCCC5)cc4)nn23)c1. The van der Waals surface area contributed by atoms with Crippen LogP contribution in [-0.2, 0) is 16.4 Å². The quantitative estimate of drug-likeness (QED) is 0.383. The molecule has 0 aliphatic carbocycles. The Morgan fingerprint density at radius 2 is 1.77 bits per heavy atom. The number of hydrogen-bond donors (Lipinski definition) is 1. The predicted molar refractivity (Wildman–Crippen MR) is 137 cm³/mol. The van der Waals surface area contributed by atoms with Crippen LogP contribution in [0.5, 0.6) is 5.75 Å². The summed E-state index contributed by atoms with van der Waals surface area (Å²) in [6, 6.07) is 21.1. The number of fused-ring (bicyclic) bond motifs is 1. The molecule has 1 N–H and O–H groups in total. The van der Waals surface area contributed by atoms with Gasteiger partial charge in [0.05, 0.1) is 11.9 Å². The summed E-state index contributed by atoms with van der Waals surface area (Å²) in [5.41, 5.74) is 4.02. The minimum absolute atomic E-state index is 0.505. The molecule has 8 nitrogen and oxygen atoms in total. The fourth-order valence-corrected chi connectivity index (χ4v) is 4.94. The third-order valence-corrected chi connectivity index (χ3v) is 6.63. The first-order valence-electron chi connectivity index (χ1n) is 11.8. The molecule has 1 saturated heterocycles. The second-order valence-electron chi connectivity index (χ2n) is 8.88. The molecule has 182 valence electrons. The molecule has 1 aliphatic heterocycles. The number of anilines is 1. The van der Waals surface area contributed by atoms with Crippen LogP contribution in [0.2, 0.25) is 0 Å². The summed E-state index contributed by atoms with van der Waals surface area (Å²) >= 11 is 0. The molecule has 35 heavy (non-hydrogen) atoms. The number of benzene rings is 2. The summed E-state index contributed by atoms with van der Waals surface area (Å²) < 4.78 is 33.5. The number of nitrogens with one attached hydrogen (secondary N) is 1. The summed E-state index contributed by atoms with van der Waals surface area (Å²) in [6.07, 6.45) is 4.32. The van der Waals surface area contributed by atoms with Crippen LogP contribution in [0.15, 0.2) is 66.7 Å². The van der Waals surface area contributed by atoms with Gasteiger partial charge in [0.1, 0.15) is 12.4 Å². The molecule has 2 aromatic heterocycles. The van der Waals surface area contributed by atoms with Gasteiger partial charge in [0.25, 0.3) is 0 Å². The van der Waals surface area contributed by atoms with Crippen molar-refractivity contribution in [1.82, 2.24) is 19.5 Å². The first-order valence-corrected chi connectivity index (χ1v) is 13.7. The Hall–Kier alpha value is -3.43. The normalized spacial score (nSPS) is 14.4. The largest absolute Gasteiger partial charge is 0.492 e. The highest BCUT2D eigenvalue weighted by Gasteiger charge is 2.12. The van der Waals surface area contributed by atoms with Gasteiger partial charge in [-0.05, 0) is 67.9 Å². The van der Waals surface area contributed by atoms with Crippen LogP contribution >= 0.6 is 0 Å². The zero-order valence-electron chi connectivity index (χ0n) is 19.7. The highest BCUT2D eigenvalue weighted by atomic mass is 32.2. The maximum Gasteiger partial charge on any atom is 0.229 e. The summed E-state index contributed by atoms with van der Waals surface area (Å²) in [7, 11) is -3.36. The monoisotopic (exact) mass is 491 g/mol. The lowest BCUT2D eigenvalue weighted by atomic mass is 10.1. The topological polar surface area (TPSA) is 88.8 Å². The van der Waals surface area contributed by atoms with Gasteiger partial charge in [-0.1, -0.05) is 30.3 Å². The molecular weight excluding hydrogens is 462 g/mol. The van der Waals surface area contributed by atoms with Gasteiger partial charge in [-0.15, -0.1) is 0 Å². The molecule has 2 aromatic carbocycles. The third kappa shape index (κ3) is 5.98. The van der Waals surface area contributed by atoms with Crippen molar-refractivity contribution in [3.05, 3.63) is 78.1 Å². The summed E-state index contributed by atoms with van der Waals surface area (Å²) in [6.45, 7) is 4.04. The first-order chi connectivity index (χ1) is 16.9. The number of ether oxygens (including phenoxy) is 1. The van der Waals surface area contributed by atoms with Gasteiger partial charge in [0.15, 0.2) is 11.5 Å². The van der Waals surface area contributed by atoms with Crippen LogP contribution in [0.1, 0.15) is 24.2 Å². The lowest BCUT2D eigenvalue weighted by Crippen LogP contribution is -2.25. The lowest BCUT2D eigenvalue weighted by Gasteiger charge is -2.14. The third-order valence-electron chi connectivity index (χ3n) is 6.03. The molecule has 4 aromatic rings. The summed E-state index contributed by atoms with van der Waals surface area (Å²) in [4.78, 5) is 7.14. The smallest absolute Gasteiger partial charge is 0.229 e. The van der Waals surface area contributed by atoms with Crippen molar-refractivity contribution in [3.8, 4) is 17.0 Å². The standard InChI is InChI=1S/C26H29N5O3S/c1-35(32,33)29-22-7-4-6-21(19-22)24-8-5-9-26-27-25(28-31(24)26)18-20-10-12-23(13-11-20)34-17-16-30-14-2-3-15-30/h4-13,19,29H,2-3,14-18H2,1H3. The average Bonchev–Trinajstić information content (AvgIpc) is 3.48. The Balaban J connectivity index is 1.29. The van der Waals surface area contributed by atoms with Gasteiger partial charge in [-0.2, -0.15) is 5.10 Å². The predicted octanol–water partition coefficient (Wildman–Crippen LogP) is 3.83. The van der Waals surface area contributed by atoms with Crippen molar-refractivity contribution in [1.29, 1.82) is 0 Å². The van der Waals surface area contributed by atoms with Gasteiger partial charge in [0, 0.05) is 24.2 Å². The second kappa shape index (κ2) is 10.1. The van der Waals surface area contributed by atoms with Gasteiger partial charge in [-0.3, -0.25) is 9.62 Å². The Kier molecular flexibility index (Phi) is 6.70. The molecule has 0 atom stereocenters. The van der Waals surface area contributed by atoms with Gasteiger partial charge >= 0.3 is 0 Å². The molecular formula is C26H29N5O3S. The maximum atomic E-state index is 11.6. The Bertz CT molecular complexity index is 1410. The molecule has 0 spiro atoms. The number of hydrogen-bond acceptors (Lipinski definition) is 6.